The first kappa shape index (κ1) is 18.5. The fraction of sp³-hybridized carbons (Fsp3) is 0.826. The van der Waals surface area contributed by atoms with E-state index in [1.165, 1.54) is 18.4 Å². The van der Waals surface area contributed by atoms with Crippen molar-refractivity contribution < 1.29 is 10.2 Å². The van der Waals surface area contributed by atoms with Crippen LogP contribution in [0.2, 0.25) is 0 Å². The minimum Gasteiger partial charge on any atom is -0.389 e. The molecule has 0 radical (unpaired) electrons. The number of hydrogen-bond acceptors (Lipinski definition) is 3. The van der Waals surface area contributed by atoms with Gasteiger partial charge in [-0.3, -0.25) is 4.90 Å². The molecule has 4 rings (SSSR count). The minimum absolute atomic E-state index is 0.0527. The first-order valence-electron chi connectivity index (χ1n) is 10.6. The van der Waals surface area contributed by atoms with Gasteiger partial charge in [-0.05, 0) is 89.1 Å². The molecule has 2 N–H and O–H groups in total. The highest BCUT2D eigenvalue weighted by molar-refractivity contribution is 5.27. The van der Waals surface area contributed by atoms with Crippen molar-refractivity contribution in [1.82, 2.24) is 4.90 Å². The molecule has 0 heterocycles. The van der Waals surface area contributed by atoms with Crippen LogP contribution in [0.5, 0.6) is 0 Å². The Kier molecular flexibility index (Phi) is 4.75. The van der Waals surface area contributed by atoms with Crippen LogP contribution in [0.4, 0.5) is 0 Å². The molecule has 144 valence electrons. The minimum atomic E-state index is -0.808. The molecular formula is C23H35NO2. The Balaban J connectivity index is 1.57. The highest BCUT2D eigenvalue weighted by Gasteiger charge is 2.61. The third-order valence-corrected chi connectivity index (χ3v) is 8.27. The highest BCUT2D eigenvalue weighted by Crippen LogP contribution is 2.64. The average Bonchev–Trinajstić information content (AvgIpc) is 2.85. The number of aliphatic hydroxyl groups is 2. The number of aliphatic hydroxyl groups excluding tert-OH is 1. The van der Waals surface area contributed by atoms with Crippen molar-refractivity contribution in [2.75, 3.05) is 20.6 Å². The molecule has 4 aliphatic carbocycles. The molecule has 3 heteroatoms. The third kappa shape index (κ3) is 2.86. The quantitative estimate of drug-likeness (QED) is 0.559. The van der Waals surface area contributed by atoms with Gasteiger partial charge in [0.15, 0.2) is 0 Å². The zero-order valence-electron chi connectivity index (χ0n) is 16.7. The summed E-state index contributed by atoms with van der Waals surface area (Å²) in [6.07, 6.45) is 10.7. The van der Waals surface area contributed by atoms with Gasteiger partial charge in [-0.25, -0.2) is 0 Å². The Morgan fingerprint density at radius 2 is 1.92 bits per heavy atom. The standard InChI is InChI=1S/C23H35NO2/c1-22-12-9-19-18-8-6-17(25)15-16(18)5-7-20(19)21(22)10-13-23(22,26)11-4-14-24(2)3/h15,17-21,25-26H,5-10,12-14H2,1-3H3/t17-,18+,19-,20-,21-,22+,23+/m1/s1. The van der Waals surface area contributed by atoms with Gasteiger partial charge in [-0.15, -0.1) is 0 Å². The van der Waals surface area contributed by atoms with Crippen molar-refractivity contribution in [2.45, 2.75) is 70.0 Å². The van der Waals surface area contributed by atoms with Gasteiger partial charge >= 0.3 is 0 Å². The molecule has 0 aromatic carbocycles. The van der Waals surface area contributed by atoms with Crippen LogP contribution in [-0.4, -0.2) is 47.5 Å². The van der Waals surface area contributed by atoms with Crippen LogP contribution in [0, 0.1) is 40.9 Å². The molecule has 26 heavy (non-hydrogen) atoms. The van der Waals surface area contributed by atoms with Crippen LogP contribution in [0.15, 0.2) is 11.6 Å². The fourth-order valence-corrected chi connectivity index (χ4v) is 6.88. The van der Waals surface area contributed by atoms with E-state index in [-0.39, 0.29) is 11.5 Å². The van der Waals surface area contributed by atoms with Gasteiger partial charge in [0, 0.05) is 5.41 Å². The molecule has 0 aromatic rings. The second-order valence-corrected chi connectivity index (χ2v) is 9.86. The van der Waals surface area contributed by atoms with Crippen molar-refractivity contribution in [2.24, 2.45) is 29.1 Å². The molecule has 7 atom stereocenters. The Morgan fingerprint density at radius 1 is 1.12 bits per heavy atom. The van der Waals surface area contributed by atoms with Crippen molar-refractivity contribution in [3.8, 4) is 11.8 Å². The average molecular weight is 358 g/mol. The molecule has 0 amide bonds. The highest BCUT2D eigenvalue weighted by atomic mass is 16.3. The van der Waals surface area contributed by atoms with Gasteiger partial charge < -0.3 is 10.2 Å². The smallest absolute Gasteiger partial charge is 0.131 e. The Hall–Kier alpha value is -0.820. The molecule has 0 bridgehead atoms. The summed E-state index contributed by atoms with van der Waals surface area (Å²) in [6.45, 7) is 3.04. The lowest BCUT2D eigenvalue weighted by Crippen LogP contribution is -2.52. The van der Waals surface area contributed by atoms with Crippen molar-refractivity contribution in [3.63, 3.8) is 0 Å². The van der Waals surface area contributed by atoms with Crippen molar-refractivity contribution in [1.29, 1.82) is 0 Å². The van der Waals surface area contributed by atoms with E-state index in [9.17, 15) is 10.2 Å². The number of fused-ring (bicyclic) bond motifs is 5. The largest absolute Gasteiger partial charge is 0.389 e. The van der Waals surface area contributed by atoms with Crippen molar-refractivity contribution >= 4 is 0 Å². The number of nitrogens with zero attached hydrogens (tertiary/aromatic N) is 1. The molecule has 3 nitrogen and oxygen atoms in total. The number of rotatable bonds is 1. The van der Waals surface area contributed by atoms with Gasteiger partial charge in [-0.2, -0.15) is 0 Å². The van der Waals surface area contributed by atoms with Crippen LogP contribution in [-0.2, 0) is 0 Å². The molecule has 0 unspecified atom stereocenters. The Bertz CT molecular complexity index is 644. The fourth-order valence-electron chi connectivity index (χ4n) is 6.88. The van der Waals surface area contributed by atoms with Crippen molar-refractivity contribution in [3.05, 3.63) is 11.6 Å². The first-order valence-corrected chi connectivity index (χ1v) is 10.6. The Morgan fingerprint density at radius 3 is 2.69 bits per heavy atom. The molecule has 3 saturated carbocycles. The van der Waals surface area contributed by atoms with E-state index >= 15 is 0 Å². The maximum atomic E-state index is 11.5. The summed E-state index contributed by atoms with van der Waals surface area (Å²) in [7, 11) is 4.05. The molecular weight excluding hydrogens is 322 g/mol. The van der Waals surface area contributed by atoms with Crippen LogP contribution in [0.1, 0.15) is 58.3 Å². The predicted octanol–water partition coefficient (Wildman–Crippen LogP) is 3.22. The van der Waals surface area contributed by atoms with Crippen LogP contribution in [0.3, 0.4) is 0 Å². The summed E-state index contributed by atoms with van der Waals surface area (Å²) in [4.78, 5) is 2.06. The van der Waals surface area contributed by atoms with Gasteiger partial charge in [0.25, 0.3) is 0 Å². The monoisotopic (exact) mass is 357 g/mol. The summed E-state index contributed by atoms with van der Waals surface area (Å²) < 4.78 is 0. The molecule has 4 aliphatic rings. The predicted molar refractivity (Wildman–Crippen MR) is 104 cm³/mol. The second-order valence-electron chi connectivity index (χ2n) is 9.86. The van der Waals surface area contributed by atoms with Crippen LogP contribution in [0.25, 0.3) is 0 Å². The summed E-state index contributed by atoms with van der Waals surface area (Å²) in [6, 6.07) is 0. The van der Waals surface area contributed by atoms with E-state index < -0.39 is 5.60 Å². The normalized spacial score (nSPS) is 47.3. The van der Waals surface area contributed by atoms with E-state index in [2.05, 4.69) is 29.7 Å². The lowest BCUT2D eigenvalue weighted by atomic mass is 9.50. The number of hydrogen-bond donors (Lipinski definition) is 2. The second kappa shape index (κ2) is 6.66. The van der Waals surface area contributed by atoms with Gasteiger partial charge in [0.2, 0.25) is 0 Å². The summed E-state index contributed by atoms with van der Waals surface area (Å²) in [5.74, 6) is 9.33. The summed E-state index contributed by atoms with van der Waals surface area (Å²) in [5.41, 5.74) is 0.674. The molecule has 0 saturated heterocycles. The van der Waals surface area contributed by atoms with E-state index in [0.29, 0.717) is 18.4 Å². The van der Waals surface area contributed by atoms with E-state index in [1.54, 1.807) is 0 Å². The molecule has 0 spiro atoms. The third-order valence-electron chi connectivity index (χ3n) is 8.27. The molecule has 3 fully saturated rings. The lowest BCUT2D eigenvalue weighted by Gasteiger charge is -2.55. The van der Waals surface area contributed by atoms with Gasteiger partial charge in [0.05, 0.1) is 12.6 Å². The first-order chi connectivity index (χ1) is 12.3. The Labute approximate surface area is 158 Å². The van der Waals surface area contributed by atoms with Gasteiger partial charge in [-0.1, -0.05) is 30.4 Å². The zero-order valence-corrected chi connectivity index (χ0v) is 16.7. The SMILES string of the molecule is CN(C)CC#C[C@]1(O)CC[C@@H]2[C@@H]3CCC4=C[C@H](O)CC[C@@H]4[C@H]3CC[C@@]21C. The maximum absolute atomic E-state index is 11.5. The summed E-state index contributed by atoms with van der Waals surface area (Å²) in [5, 5.41) is 21.5. The maximum Gasteiger partial charge on any atom is 0.131 e. The molecule has 0 aromatic heterocycles. The lowest BCUT2D eigenvalue weighted by molar-refractivity contribution is -0.0866. The van der Waals surface area contributed by atoms with Gasteiger partial charge in [0.1, 0.15) is 5.60 Å². The number of allylic oxidation sites excluding steroid dienone is 1. The molecule has 0 aliphatic heterocycles. The van der Waals surface area contributed by atoms with Crippen LogP contribution >= 0.6 is 0 Å². The van der Waals surface area contributed by atoms with E-state index in [0.717, 1.165) is 50.4 Å². The zero-order chi connectivity index (χ0) is 18.5. The summed E-state index contributed by atoms with van der Waals surface area (Å²) >= 11 is 0. The van der Waals surface area contributed by atoms with E-state index in [4.69, 9.17) is 0 Å². The van der Waals surface area contributed by atoms with E-state index in [1.807, 2.05) is 14.1 Å². The topological polar surface area (TPSA) is 43.7 Å². The van der Waals surface area contributed by atoms with Crippen LogP contribution < -0.4 is 0 Å².